The molecule has 6 nitrogen and oxygen atoms in total. The van der Waals surface area contributed by atoms with Gasteiger partial charge >= 0.3 is 0 Å². The van der Waals surface area contributed by atoms with Crippen LogP contribution in [0.1, 0.15) is 13.8 Å². The fourth-order valence-electron chi connectivity index (χ4n) is 1.80. The minimum Gasteiger partial charge on any atom is -0.490 e. The first-order valence-corrected chi connectivity index (χ1v) is 6.12. The van der Waals surface area contributed by atoms with E-state index in [4.69, 9.17) is 10.5 Å². The highest BCUT2D eigenvalue weighted by Crippen LogP contribution is 2.26. The van der Waals surface area contributed by atoms with Gasteiger partial charge in [0.2, 0.25) is 0 Å². The van der Waals surface area contributed by atoms with Crippen molar-refractivity contribution < 1.29 is 9.37 Å². The fourth-order valence-corrected chi connectivity index (χ4v) is 1.80. The maximum absolute atomic E-state index is 5.76. The van der Waals surface area contributed by atoms with Crippen LogP contribution in [0.3, 0.4) is 0 Å². The van der Waals surface area contributed by atoms with Crippen molar-refractivity contribution in [3.63, 3.8) is 0 Å². The summed E-state index contributed by atoms with van der Waals surface area (Å²) in [7, 11) is 0. The minimum atomic E-state index is 0.544. The Bertz CT molecular complexity index is 508. The lowest BCUT2D eigenvalue weighted by molar-refractivity contribution is 0.223. The van der Waals surface area contributed by atoms with E-state index in [9.17, 15) is 0 Å². The average molecular weight is 250 g/mol. The van der Waals surface area contributed by atoms with Gasteiger partial charge in [0.25, 0.3) is 0 Å². The van der Waals surface area contributed by atoms with Gasteiger partial charge in [-0.15, -0.1) is 0 Å². The van der Waals surface area contributed by atoms with E-state index in [1.54, 1.807) is 12.1 Å². The van der Waals surface area contributed by atoms with Gasteiger partial charge in [0.1, 0.15) is 6.61 Å². The summed E-state index contributed by atoms with van der Waals surface area (Å²) in [6.07, 6.45) is 0. The lowest BCUT2D eigenvalue weighted by atomic mass is 10.2. The third-order valence-corrected chi connectivity index (χ3v) is 2.97. The normalized spacial score (nSPS) is 11.3. The van der Waals surface area contributed by atoms with E-state index in [1.807, 2.05) is 0 Å². The first-order chi connectivity index (χ1) is 8.76. The molecule has 18 heavy (non-hydrogen) atoms. The van der Waals surface area contributed by atoms with E-state index in [2.05, 4.69) is 33.7 Å². The number of nitrogens with two attached hydrogens (primary N) is 1. The number of hydrogen-bond donors (Lipinski definition) is 1. The molecule has 0 aliphatic rings. The molecule has 2 aromatic rings. The molecule has 1 aromatic heterocycles. The number of rotatable bonds is 6. The van der Waals surface area contributed by atoms with Crippen molar-refractivity contribution in [2.24, 2.45) is 0 Å². The minimum absolute atomic E-state index is 0.544. The van der Waals surface area contributed by atoms with Crippen LogP contribution in [-0.2, 0) is 0 Å². The molecule has 0 unspecified atom stereocenters. The van der Waals surface area contributed by atoms with E-state index in [0.717, 1.165) is 19.6 Å². The Hall–Kier alpha value is -1.82. The van der Waals surface area contributed by atoms with Gasteiger partial charge in [-0.3, -0.25) is 0 Å². The van der Waals surface area contributed by atoms with Gasteiger partial charge in [0.15, 0.2) is 16.8 Å². The summed E-state index contributed by atoms with van der Waals surface area (Å²) in [5.74, 6) is 0.660. The lowest BCUT2D eigenvalue weighted by Crippen LogP contribution is -2.27. The van der Waals surface area contributed by atoms with E-state index < -0.39 is 0 Å². The molecule has 0 fully saturated rings. The fraction of sp³-hybridized carbons (Fsp3) is 0.500. The summed E-state index contributed by atoms with van der Waals surface area (Å²) >= 11 is 0. The summed E-state index contributed by atoms with van der Waals surface area (Å²) < 4.78 is 10.4. The van der Waals surface area contributed by atoms with Crippen molar-refractivity contribution in [1.29, 1.82) is 0 Å². The van der Waals surface area contributed by atoms with E-state index in [0.29, 0.717) is 29.1 Å². The van der Waals surface area contributed by atoms with E-state index >= 15 is 0 Å². The average Bonchev–Trinajstić information content (AvgIpc) is 2.87. The highest BCUT2D eigenvalue weighted by atomic mass is 16.6. The molecule has 0 saturated carbocycles. The van der Waals surface area contributed by atoms with Crippen LogP contribution < -0.4 is 10.5 Å². The molecule has 0 spiro atoms. The zero-order chi connectivity index (χ0) is 13.0. The molecule has 0 amide bonds. The van der Waals surface area contributed by atoms with Gasteiger partial charge in [0.05, 0.1) is 5.69 Å². The van der Waals surface area contributed by atoms with Crippen LogP contribution in [0.25, 0.3) is 11.0 Å². The second kappa shape index (κ2) is 5.68. The Kier molecular flexibility index (Phi) is 3.99. The Morgan fingerprint density at radius 2 is 1.94 bits per heavy atom. The Morgan fingerprint density at radius 1 is 1.22 bits per heavy atom. The number of nitrogens with zero attached hydrogens (tertiary/aromatic N) is 3. The molecule has 1 aromatic carbocycles. The third kappa shape index (κ3) is 2.53. The van der Waals surface area contributed by atoms with Gasteiger partial charge in [-0.1, -0.05) is 13.8 Å². The summed E-state index contributed by atoms with van der Waals surface area (Å²) in [5.41, 5.74) is 7.44. The number of aromatic nitrogens is 2. The molecule has 0 bridgehead atoms. The Balaban J connectivity index is 2.04. The summed E-state index contributed by atoms with van der Waals surface area (Å²) in [6, 6.07) is 3.55. The Morgan fingerprint density at radius 3 is 2.67 bits per heavy atom. The first-order valence-electron chi connectivity index (χ1n) is 6.12. The highest BCUT2D eigenvalue weighted by Gasteiger charge is 2.11. The molecule has 0 atom stereocenters. The molecular formula is C12H18N4O2. The standard InChI is InChI=1S/C12H18N4O2/c1-3-16(4-2)7-8-17-10-6-5-9(13)11-12(10)15-18-14-11/h5-6H,3-4,7-8,13H2,1-2H3. The quantitative estimate of drug-likeness (QED) is 0.783. The van der Waals surface area contributed by atoms with Crippen molar-refractivity contribution in [3.8, 4) is 5.75 Å². The number of fused-ring (bicyclic) bond motifs is 1. The first kappa shape index (κ1) is 12.6. The molecule has 98 valence electrons. The lowest BCUT2D eigenvalue weighted by Gasteiger charge is -2.17. The molecule has 0 aliphatic heterocycles. The molecule has 2 rings (SSSR count). The molecule has 0 aliphatic carbocycles. The largest absolute Gasteiger partial charge is 0.490 e. The van der Waals surface area contributed by atoms with Gasteiger partial charge in [0, 0.05) is 6.54 Å². The van der Waals surface area contributed by atoms with E-state index in [1.165, 1.54) is 0 Å². The summed E-state index contributed by atoms with van der Waals surface area (Å²) in [6.45, 7) is 7.78. The SMILES string of the molecule is CCN(CC)CCOc1ccc(N)c2nonc12. The molecule has 0 radical (unpaired) electrons. The van der Waals surface area contributed by atoms with Gasteiger partial charge < -0.3 is 15.4 Å². The highest BCUT2D eigenvalue weighted by molar-refractivity contribution is 5.90. The van der Waals surface area contributed by atoms with Crippen molar-refractivity contribution in [3.05, 3.63) is 12.1 Å². The molecule has 0 saturated heterocycles. The van der Waals surface area contributed by atoms with Crippen LogP contribution >= 0.6 is 0 Å². The topological polar surface area (TPSA) is 77.4 Å². The molecule has 6 heteroatoms. The molecule has 2 N–H and O–H groups in total. The predicted molar refractivity (Wildman–Crippen MR) is 69.5 cm³/mol. The van der Waals surface area contributed by atoms with Crippen molar-refractivity contribution >= 4 is 16.7 Å². The monoisotopic (exact) mass is 250 g/mol. The molecular weight excluding hydrogens is 232 g/mol. The van der Waals surface area contributed by atoms with Crippen LogP contribution in [0, 0.1) is 0 Å². The van der Waals surface area contributed by atoms with Crippen molar-refractivity contribution in [1.82, 2.24) is 15.2 Å². The second-order valence-electron chi connectivity index (χ2n) is 3.99. The molecule has 1 heterocycles. The number of ether oxygens (including phenoxy) is 1. The van der Waals surface area contributed by atoms with Crippen LogP contribution in [0.15, 0.2) is 16.8 Å². The van der Waals surface area contributed by atoms with Crippen LogP contribution in [0.4, 0.5) is 5.69 Å². The maximum atomic E-state index is 5.76. The summed E-state index contributed by atoms with van der Waals surface area (Å²) in [4.78, 5) is 2.29. The van der Waals surface area contributed by atoms with Crippen LogP contribution in [0.2, 0.25) is 0 Å². The third-order valence-electron chi connectivity index (χ3n) is 2.97. The predicted octanol–water partition coefficient (Wildman–Crippen LogP) is 1.53. The maximum Gasteiger partial charge on any atom is 0.179 e. The zero-order valence-electron chi connectivity index (χ0n) is 10.7. The number of hydrogen-bond acceptors (Lipinski definition) is 6. The number of anilines is 1. The second-order valence-corrected chi connectivity index (χ2v) is 3.99. The number of likely N-dealkylation sites (N-methyl/N-ethyl adjacent to an activating group) is 1. The number of nitrogen functional groups attached to an aromatic ring is 1. The van der Waals surface area contributed by atoms with Crippen LogP contribution in [0.5, 0.6) is 5.75 Å². The zero-order valence-corrected chi connectivity index (χ0v) is 10.7. The summed E-state index contributed by atoms with van der Waals surface area (Å²) in [5, 5.41) is 7.57. The van der Waals surface area contributed by atoms with Gasteiger partial charge in [-0.2, -0.15) is 0 Å². The smallest absolute Gasteiger partial charge is 0.179 e. The van der Waals surface area contributed by atoms with E-state index in [-0.39, 0.29) is 0 Å². The van der Waals surface area contributed by atoms with Gasteiger partial charge in [-0.25, -0.2) is 4.63 Å². The van der Waals surface area contributed by atoms with Gasteiger partial charge in [-0.05, 0) is 35.5 Å². The Labute approximate surface area is 106 Å². The van der Waals surface area contributed by atoms with Crippen molar-refractivity contribution in [2.45, 2.75) is 13.8 Å². The van der Waals surface area contributed by atoms with Crippen molar-refractivity contribution in [2.75, 3.05) is 32.0 Å². The van der Waals surface area contributed by atoms with Crippen LogP contribution in [-0.4, -0.2) is 41.5 Å². The number of benzene rings is 1.